The smallest absolute Gasteiger partial charge is 0.196 e. The summed E-state index contributed by atoms with van der Waals surface area (Å²) in [6.07, 6.45) is 7.03. The zero-order valence-corrected chi connectivity index (χ0v) is 18.5. The number of benzene rings is 1. The van der Waals surface area contributed by atoms with Gasteiger partial charge in [0.05, 0.1) is 24.5 Å². The van der Waals surface area contributed by atoms with Crippen LogP contribution in [0.25, 0.3) is 5.69 Å². The predicted octanol–water partition coefficient (Wildman–Crippen LogP) is 4.69. The summed E-state index contributed by atoms with van der Waals surface area (Å²) >= 11 is 6.97. The minimum absolute atomic E-state index is 0.00933. The van der Waals surface area contributed by atoms with Crippen LogP contribution in [-0.2, 0) is 20.6 Å². The van der Waals surface area contributed by atoms with E-state index < -0.39 is 11.2 Å². The van der Waals surface area contributed by atoms with Crippen LogP contribution in [0.5, 0.6) is 0 Å². The van der Waals surface area contributed by atoms with Gasteiger partial charge in [-0.25, -0.2) is 0 Å². The number of fused-ring (bicyclic) bond motifs is 3. The van der Waals surface area contributed by atoms with Crippen molar-refractivity contribution in [1.82, 2.24) is 14.8 Å². The summed E-state index contributed by atoms with van der Waals surface area (Å²) in [5.74, 6) is 1.17. The molecule has 3 aliphatic rings. The summed E-state index contributed by atoms with van der Waals surface area (Å²) in [6.45, 7) is 3.32. The fraction of sp³-hybridized carbons (Fsp3) is 0.652. The number of halogens is 1. The first-order valence-corrected chi connectivity index (χ1v) is 11.6. The Bertz CT molecular complexity index is 901. The molecule has 1 aromatic carbocycles. The molecule has 1 saturated carbocycles. The van der Waals surface area contributed by atoms with E-state index in [0.29, 0.717) is 25.6 Å². The molecule has 0 bridgehead atoms. The summed E-state index contributed by atoms with van der Waals surface area (Å²) < 4.78 is 20.3. The van der Waals surface area contributed by atoms with Gasteiger partial charge in [-0.3, -0.25) is 4.57 Å². The van der Waals surface area contributed by atoms with E-state index in [2.05, 4.69) is 46.0 Å². The molecule has 1 spiro atoms. The van der Waals surface area contributed by atoms with Gasteiger partial charge in [-0.1, -0.05) is 31.5 Å². The van der Waals surface area contributed by atoms with Crippen molar-refractivity contribution in [2.24, 2.45) is 0 Å². The molecule has 0 amide bonds. The van der Waals surface area contributed by atoms with Crippen molar-refractivity contribution in [1.29, 1.82) is 0 Å². The van der Waals surface area contributed by atoms with Crippen molar-refractivity contribution in [3.63, 3.8) is 0 Å². The van der Waals surface area contributed by atoms with Crippen molar-refractivity contribution in [2.45, 2.75) is 74.6 Å². The van der Waals surface area contributed by atoms with Gasteiger partial charge in [0.25, 0.3) is 0 Å². The zero-order valence-electron chi connectivity index (χ0n) is 17.8. The second kappa shape index (κ2) is 7.90. The minimum Gasteiger partial charge on any atom is -0.378 e. The molecular weight excluding hydrogens is 402 g/mol. The van der Waals surface area contributed by atoms with Crippen LogP contribution in [0.3, 0.4) is 0 Å². The minimum atomic E-state index is -0.880. The molecule has 1 aromatic heterocycles. The van der Waals surface area contributed by atoms with Gasteiger partial charge in [-0.05, 0) is 43.7 Å². The number of methoxy groups -OCH3 is 1. The van der Waals surface area contributed by atoms with Gasteiger partial charge >= 0.3 is 0 Å². The Balaban J connectivity index is 1.53. The van der Waals surface area contributed by atoms with E-state index in [1.54, 1.807) is 0 Å². The fourth-order valence-corrected chi connectivity index (χ4v) is 5.89. The standard InChI is InChI=1S/C23H30ClN3O3/c1-3-10-22(28-2)11-8-16(9-12-22)20-25-26-21-19(24)23(29-13-14-30-23)15-17-6-4-5-7-18(17)27(20)21/h4-7,16,19H,3,8-15H2,1-2H3. The first-order valence-electron chi connectivity index (χ1n) is 11.1. The van der Waals surface area contributed by atoms with Crippen LogP contribution in [0.2, 0.25) is 0 Å². The summed E-state index contributed by atoms with van der Waals surface area (Å²) in [6, 6.07) is 8.37. The monoisotopic (exact) mass is 431 g/mol. The van der Waals surface area contributed by atoms with Crippen molar-refractivity contribution in [2.75, 3.05) is 20.3 Å². The van der Waals surface area contributed by atoms with Crippen LogP contribution in [0, 0.1) is 0 Å². The average Bonchev–Trinajstić information content (AvgIpc) is 3.40. The lowest BCUT2D eigenvalue weighted by Crippen LogP contribution is -2.37. The second-order valence-corrected chi connectivity index (χ2v) is 9.28. The molecule has 3 heterocycles. The number of alkyl halides is 1. The topological polar surface area (TPSA) is 58.4 Å². The Kier molecular flexibility index (Phi) is 5.38. The molecule has 5 rings (SSSR count). The van der Waals surface area contributed by atoms with E-state index in [4.69, 9.17) is 25.8 Å². The molecule has 2 aromatic rings. The molecule has 1 saturated heterocycles. The van der Waals surface area contributed by atoms with Gasteiger partial charge in [-0.15, -0.1) is 21.8 Å². The second-order valence-electron chi connectivity index (χ2n) is 8.84. The van der Waals surface area contributed by atoms with Crippen molar-refractivity contribution in [3.05, 3.63) is 41.5 Å². The molecule has 30 heavy (non-hydrogen) atoms. The summed E-state index contributed by atoms with van der Waals surface area (Å²) in [4.78, 5) is 0. The molecule has 0 radical (unpaired) electrons. The van der Waals surface area contributed by atoms with E-state index in [1.807, 2.05) is 7.11 Å². The highest BCUT2D eigenvalue weighted by atomic mass is 35.5. The van der Waals surface area contributed by atoms with Crippen molar-refractivity contribution < 1.29 is 14.2 Å². The first-order chi connectivity index (χ1) is 14.6. The quantitative estimate of drug-likeness (QED) is 0.657. The van der Waals surface area contributed by atoms with E-state index in [9.17, 15) is 0 Å². The van der Waals surface area contributed by atoms with Gasteiger partial charge in [0.2, 0.25) is 0 Å². The Hall–Kier alpha value is -1.47. The summed E-state index contributed by atoms with van der Waals surface area (Å²) in [7, 11) is 1.86. The largest absolute Gasteiger partial charge is 0.378 e. The molecule has 0 N–H and O–H groups in total. The molecule has 1 unspecified atom stereocenters. The van der Waals surface area contributed by atoms with E-state index in [-0.39, 0.29) is 5.60 Å². The van der Waals surface area contributed by atoms with Gasteiger partial charge in [0.1, 0.15) is 11.2 Å². The molecule has 162 valence electrons. The Morgan fingerprint density at radius 3 is 2.53 bits per heavy atom. The number of ether oxygens (including phenoxy) is 3. The van der Waals surface area contributed by atoms with Crippen LogP contribution in [0.1, 0.15) is 74.0 Å². The third kappa shape index (κ3) is 3.20. The van der Waals surface area contributed by atoms with E-state index >= 15 is 0 Å². The maximum absolute atomic E-state index is 6.97. The molecule has 1 aliphatic carbocycles. The SMILES string of the molecule is CCCC1(OC)CCC(c2nnc3n2-c2ccccc2CC2(OCCO2)C3Cl)CC1. The van der Waals surface area contributed by atoms with Gasteiger partial charge < -0.3 is 14.2 Å². The number of para-hydroxylation sites is 1. The maximum Gasteiger partial charge on any atom is 0.196 e. The lowest BCUT2D eigenvalue weighted by Gasteiger charge is -2.39. The number of hydrogen-bond acceptors (Lipinski definition) is 5. The first kappa shape index (κ1) is 20.4. The highest BCUT2D eigenvalue weighted by molar-refractivity contribution is 6.21. The van der Waals surface area contributed by atoms with E-state index in [1.165, 1.54) is 0 Å². The summed E-state index contributed by atoms with van der Waals surface area (Å²) in [5, 5.41) is 8.72. The number of hydrogen-bond donors (Lipinski definition) is 0. The van der Waals surface area contributed by atoms with Crippen LogP contribution in [-0.4, -0.2) is 46.5 Å². The molecular formula is C23H30ClN3O3. The third-order valence-electron chi connectivity index (χ3n) is 7.17. The maximum atomic E-state index is 6.97. The Labute approximate surface area is 182 Å². The zero-order chi connectivity index (χ0) is 20.8. The Morgan fingerprint density at radius 2 is 1.83 bits per heavy atom. The lowest BCUT2D eigenvalue weighted by molar-refractivity contribution is -0.159. The van der Waals surface area contributed by atoms with Crippen LogP contribution in [0.4, 0.5) is 0 Å². The van der Waals surface area contributed by atoms with Crippen LogP contribution < -0.4 is 0 Å². The van der Waals surface area contributed by atoms with Gasteiger partial charge in [-0.2, -0.15) is 0 Å². The molecule has 2 fully saturated rings. The van der Waals surface area contributed by atoms with Crippen LogP contribution in [0.15, 0.2) is 24.3 Å². The highest BCUT2D eigenvalue weighted by Gasteiger charge is 2.50. The number of rotatable bonds is 4. The highest BCUT2D eigenvalue weighted by Crippen LogP contribution is 2.47. The van der Waals surface area contributed by atoms with Crippen molar-refractivity contribution in [3.8, 4) is 5.69 Å². The normalized spacial score (nSPS) is 30.1. The molecule has 6 nitrogen and oxygen atoms in total. The van der Waals surface area contributed by atoms with E-state index in [0.717, 1.165) is 61.4 Å². The molecule has 1 atom stereocenters. The number of aromatic nitrogens is 3. The molecule has 2 aliphatic heterocycles. The summed E-state index contributed by atoms with van der Waals surface area (Å²) in [5.41, 5.74) is 2.25. The average molecular weight is 432 g/mol. The fourth-order valence-electron chi connectivity index (χ4n) is 5.55. The Morgan fingerprint density at radius 1 is 1.13 bits per heavy atom. The third-order valence-corrected chi connectivity index (χ3v) is 7.70. The molecule has 7 heteroatoms. The number of nitrogens with zero attached hydrogens (tertiary/aromatic N) is 3. The van der Waals surface area contributed by atoms with Crippen molar-refractivity contribution >= 4 is 11.6 Å². The van der Waals surface area contributed by atoms with Gasteiger partial charge in [0.15, 0.2) is 11.6 Å². The van der Waals surface area contributed by atoms with Gasteiger partial charge in [0, 0.05) is 19.4 Å². The predicted molar refractivity (Wildman–Crippen MR) is 114 cm³/mol. The lowest BCUT2D eigenvalue weighted by atomic mass is 9.76. The van der Waals surface area contributed by atoms with Crippen LogP contribution >= 0.6 is 11.6 Å².